The number of benzene rings is 2. The number of aryl methyl sites for hydroxylation is 1. The Bertz CT molecular complexity index is 1280. The van der Waals surface area contributed by atoms with E-state index in [-0.39, 0.29) is 18.0 Å². The van der Waals surface area contributed by atoms with Crippen molar-refractivity contribution in [3.63, 3.8) is 0 Å². The molecule has 162 valence electrons. The molecule has 2 aromatic carbocycles. The van der Waals surface area contributed by atoms with Gasteiger partial charge in [0.25, 0.3) is 0 Å². The van der Waals surface area contributed by atoms with Gasteiger partial charge >= 0.3 is 5.69 Å². The number of tetrazole rings is 1. The Hall–Kier alpha value is -4.07. The molecule has 0 radical (unpaired) electrons. The van der Waals surface area contributed by atoms with Crippen LogP contribution in [0, 0.1) is 0 Å². The van der Waals surface area contributed by atoms with E-state index in [9.17, 15) is 9.59 Å². The SMILES string of the molecule is C=CCCc1cn(C(=O)CC)c(=O)n1Cc1ccc(-c2ccccc2-c2nn[nH]n2)cc1. The molecule has 4 rings (SSSR count). The second-order valence-corrected chi connectivity index (χ2v) is 7.41. The van der Waals surface area contributed by atoms with Crippen molar-refractivity contribution >= 4 is 5.91 Å². The van der Waals surface area contributed by atoms with E-state index in [1.165, 1.54) is 4.57 Å². The van der Waals surface area contributed by atoms with Gasteiger partial charge < -0.3 is 0 Å². The lowest BCUT2D eigenvalue weighted by molar-refractivity contribution is 0.0904. The molecule has 0 aliphatic carbocycles. The highest BCUT2D eigenvalue weighted by Gasteiger charge is 2.16. The first kappa shape index (κ1) is 21.2. The van der Waals surface area contributed by atoms with Crippen molar-refractivity contribution in [2.24, 2.45) is 0 Å². The molecule has 0 amide bonds. The molecule has 0 bridgehead atoms. The molecular weight excluding hydrogens is 404 g/mol. The highest BCUT2D eigenvalue weighted by atomic mass is 16.2. The number of aromatic amines is 1. The molecule has 2 aromatic heterocycles. The van der Waals surface area contributed by atoms with Crippen LogP contribution in [-0.4, -0.2) is 35.7 Å². The van der Waals surface area contributed by atoms with E-state index in [2.05, 4.69) is 27.2 Å². The fraction of sp³-hybridized carbons (Fsp3) is 0.208. The summed E-state index contributed by atoms with van der Waals surface area (Å²) in [5, 5.41) is 14.3. The molecule has 0 saturated carbocycles. The average molecular weight is 428 g/mol. The van der Waals surface area contributed by atoms with E-state index >= 15 is 0 Å². The Labute approximate surface area is 185 Å². The number of nitrogens with zero attached hydrogens (tertiary/aromatic N) is 5. The van der Waals surface area contributed by atoms with Gasteiger partial charge in [-0.3, -0.25) is 9.36 Å². The van der Waals surface area contributed by atoms with Gasteiger partial charge in [0, 0.05) is 23.9 Å². The van der Waals surface area contributed by atoms with Crippen molar-refractivity contribution in [2.45, 2.75) is 32.7 Å². The number of aromatic nitrogens is 6. The maximum absolute atomic E-state index is 12.9. The Morgan fingerprint density at radius 1 is 1.12 bits per heavy atom. The maximum Gasteiger partial charge on any atom is 0.335 e. The number of allylic oxidation sites excluding steroid dienone is 1. The number of H-pyrrole nitrogens is 1. The molecule has 8 nitrogen and oxygen atoms in total. The van der Waals surface area contributed by atoms with Crippen molar-refractivity contribution in [2.75, 3.05) is 0 Å². The number of rotatable bonds is 8. The average Bonchev–Trinajstić information content (AvgIpc) is 3.47. The van der Waals surface area contributed by atoms with Gasteiger partial charge in [-0.05, 0) is 34.7 Å². The summed E-state index contributed by atoms with van der Waals surface area (Å²) in [4.78, 5) is 25.0. The molecule has 0 aliphatic rings. The number of carbonyl (C=O) groups excluding carboxylic acids is 1. The molecule has 0 unspecified atom stereocenters. The van der Waals surface area contributed by atoms with E-state index in [0.29, 0.717) is 18.8 Å². The largest absolute Gasteiger partial charge is 0.335 e. The molecule has 0 atom stereocenters. The Kier molecular flexibility index (Phi) is 6.21. The molecule has 0 aliphatic heterocycles. The molecule has 0 saturated heterocycles. The summed E-state index contributed by atoms with van der Waals surface area (Å²) in [6.07, 6.45) is 5.13. The summed E-state index contributed by atoms with van der Waals surface area (Å²) in [6.45, 7) is 5.90. The maximum atomic E-state index is 12.9. The van der Waals surface area contributed by atoms with Crippen LogP contribution in [-0.2, 0) is 13.0 Å². The zero-order chi connectivity index (χ0) is 22.5. The third-order valence-corrected chi connectivity index (χ3v) is 5.36. The van der Waals surface area contributed by atoms with E-state index < -0.39 is 0 Å². The van der Waals surface area contributed by atoms with Crippen LogP contribution >= 0.6 is 0 Å². The van der Waals surface area contributed by atoms with Gasteiger partial charge in [-0.25, -0.2) is 9.36 Å². The quantitative estimate of drug-likeness (QED) is 0.431. The molecule has 4 aromatic rings. The molecule has 32 heavy (non-hydrogen) atoms. The van der Waals surface area contributed by atoms with Crippen LogP contribution in [0.5, 0.6) is 0 Å². The van der Waals surface area contributed by atoms with Gasteiger partial charge in [0.15, 0.2) is 0 Å². The van der Waals surface area contributed by atoms with Crippen LogP contribution in [0.25, 0.3) is 22.5 Å². The van der Waals surface area contributed by atoms with Gasteiger partial charge in [-0.1, -0.05) is 61.5 Å². The van der Waals surface area contributed by atoms with Crippen molar-refractivity contribution in [3.05, 3.63) is 89.1 Å². The van der Waals surface area contributed by atoms with Gasteiger partial charge in [-0.15, -0.1) is 16.8 Å². The van der Waals surface area contributed by atoms with Gasteiger partial charge in [0.2, 0.25) is 11.7 Å². The summed E-state index contributed by atoms with van der Waals surface area (Å²) in [7, 11) is 0. The van der Waals surface area contributed by atoms with Gasteiger partial charge in [-0.2, -0.15) is 5.21 Å². The topological polar surface area (TPSA) is 98.5 Å². The highest BCUT2D eigenvalue weighted by Crippen LogP contribution is 2.29. The van der Waals surface area contributed by atoms with Crippen molar-refractivity contribution in [1.82, 2.24) is 29.8 Å². The standard InChI is InChI=1S/C24H24N6O2/c1-3-5-8-19-16-30(22(31)4-2)24(32)29(19)15-17-11-13-18(14-12-17)20-9-6-7-10-21(20)23-25-27-28-26-23/h3,6-7,9-14,16H,1,4-5,8,15H2,2H3,(H,25,26,27,28). The van der Waals surface area contributed by atoms with Crippen LogP contribution in [0.1, 0.15) is 35.8 Å². The number of imidazole rings is 1. The predicted octanol–water partition coefficient (Wildman–Crippen LogP) is 3.71. The molecule has 0 spiro atoms. The fourth-order valence-corrected chi connectivity index (χ4v) is 3.67. The molecule has 1 N–H and O–H groups in total. The second kappa shape index (κ2) is 9.38. The molecular formula is C24H24N6O2. The Morgan fingerprint density at radius 3 is 2.53 bits per heavy atom. The lowest BCUT2D eigenvalue weighted by Gasteiger charge is -2.10. The van der Waals surface area contributed by atoms with Crippen LogP contribution in [0.15, 0.2) is 72.2 Å². The van der Waals surface area contributed by atoms with E-state index in [4.69, 9.17) is 0 Å². The smallest absolute Gasteiger partial charge is 0.292 e. The third-order valence-electron chi connectivity index (χ3n) is 5.36. The number of hydrogen-bond acceptors (Lipinski definition) is 5. The third kappa shape index (κ3) is 4.20. The van der Waals surface area contributed by atoms with Crippen LogP contribution < -0.4 is 5.69 Å². The monoisotopic (exact) mass is 428 g/mol. The zero-order valence-corrected chi connectivity index (χ0v) is 17.9. The van der Waals surface area contributed by atoms with E-state index in [1.54, 1.807) is 17.7 Å². The molecule has 0 fully saturated rings. The van der Waals surface area contributed by atoms with Crippen molar-refractivity contribution < 1.29 is 4.79 Å². The first-order valence-corrected chi connectivity index (χ1v) is 10.5. The van der Waals surface area contributed by atoms with Crippen molar-refractivity contribution in [1.29, 1.82) is 0 Å². The van der Waals surface area contributed by atoms with Crippen molar-refractivity contribution in [3.8, 4) is 22.5 Å². The summed E-state index contributed by atoms with van der Waals surface area (Å²) in [5.74, 6) is 0.326. The van der Waals surface area contributed by atoms with Crippen LogP contribution in [0.3, 0.4) is 0 Å². The van der Waals surface area contributed by atoms with E-state index in [1.807, 2.05) is 54.6 Å². The molecule has 8 heteroatoms. The highest BCUT2D eigenvalue weighted by molar-refractivity contribution is 5.80. The number of nitrogens with one attached hydrogen (secondary N) is 1. The summed E-state index contributed by atoms with van der Waals surface area (Å²) in [6, 6.07) is 15.9. The van der Waals surface area contributed by atoms with Gasteiger partial charge in [0.05, 0.1) is 6.54 Å². The molecule has 2 heterocycles. The Balaban J connectivity index is 1.64. The van der Waals surface area contributed by atoms with Crippen LogP contribution in [0.4, 0.5) is 0 Å². The lowest BCUT2D eigenvalue weighted by atomic mass is 9.98. The normalized spacial score (nSPS) is 10.9. The van der Waals surface area contributed by atoms with Gasteiger partial charge in [0.1, 0.15) is 0 Å². The number of carbonyl (C=O) groups is 1. The van der Waals surface area contributed by atoms with E-state index in [0.717, 1.165) is 34.4 Å². The minimum absolute atomic E-state index is 0.206. The van der Waals surface area contributed by atoms with Crippen LogP contribution in [0.2, 0.25) is 0 Å². The first-order chi connectivity index (χ1) is 15.6. The minimum atomic E-state index is -0.303. The summed E-state index contributed by atoms with van der Waals surface area (Å²) < 4.78 is 2.88. The lowest BCUT2D eigenvalue weighted by Crippen LogP contribution is -2.29. The zero-order valence-electron chi connectivity index (χ0n) is 17.9. The first-order valence-electron chi connectivity index (χ1n) is 10.5. The predicted molar refractivity (Wildman–Crippen MR) is 122 cm³/mol. The summed E-state index contributed by atoms with van der Waals surface area (Å²) in [5.41, 5.74) is 4.36. The Morgan fingerprint density at radius 2 is 1.88 bits per heavy atom. The summed E-state index contributed by atoms with van der Waals surface area (Å²) >= 11 is 0. The fourth-order valence-electron chi connectivity index (χ4n) is 3.67. The minimum Gasteiger partial charge on any atom is -0.292 e. The number of hydrogen-bond donors (Lipinski definition) is 1. The second-order valence-electron chi connectivity index (χ2n) is 7.41.